The molecule has 0 amide bonds. The smallest absolute Gasteiger partial charge is 0.175 e. The van der Waals surface area contributed by atoms with Crippen molar-refractivity contribution in [2.24, 2.45) is 0 Å². The van der Waals surface area contributed by atoms with Crippen molar-refractivity contribution < 1.29 is 8.42 Å². The summed E-state index contributed by atoms with van der Waals surface area (Å²) in [5.74, 6) is 0.501. The van der Waals surface area contributed by atoms with Gasteiger partial charge in [-0.05, 0) is 18.2 Å². The van der Waals surface area contributed by atoms with E-state index >= 15 is 0 Å². The Morgan fingerprint density at radius 1 is 1.22 bits per heavy atom. The molecule has 0 aliphatic heterocycles. The number of benzene rings is 1. The zero-order valence-electron chi connectivity index (χ0n) is 9.46. The molecule has 2 aromatic rings. The van der Waals surface area contributed by atoms with Crippen LogP contribution in [0.3, 0.4) is 0 Å². The Balaban J connectivity index is 2.30. The topological polar surface area (TPSA) is 72.0 Å². The number of nitrogens with one attached hydrogen (secondary N) is 1. The van der Waals surface area contributed by atoms with Crippen LogP contribution in [0.15, 0.2) is 41.6 Å². The van der Waals surface area contributed by atoms with E-state index in [1.165, 1.54) is 18.5 Å². The molecule has 1 aromatic heterocycles. The van der Waals surface area contributed by atoms with Crippen LogP contribution in [0, 0.1) is 0 Å². The molecule has 1 aromatic carbocycles. The van der Waals surface area contributed by atoms with Gasteiger partial charge in [-0.3, -0.25) is 0 Å². The summed E-state index contributed by atoms with van der Waals surface area (Å²) in [6, 6.07) is 8.01. The van der Waals surface area contributed by atoms with Crippen LogP contribution in [0.1, 0.15) is 0 Å². The van der Waals surface area contributed by atoms with Gasteiger partial charge in [0.1, 0.15) is 17.3 Å². The summed E-state index contributed by atoms with van der Waals surface area (Å²) in [7, 11) is -3.22. The van der Waals surface area contributed by atoms with Crippen molar-refractivity contribution in [3.63, 3.8) is 0 Å². The molecule has 0 atom stereocenters. The van der Waals surface area contributed by atoms with Gasteiger partial charge in [0, 0.05) is 18.0 Å². The maximum absolute atomic E-state index is 11.4. The number of nitrogens with zero attached hydrogens (tertiary/aromatic N) is 2. The van der Waals surface area contributed by atoms with Gasteiger partial charge in [0.05, 0.1) is 4.90 Å². The summed E-state index contributed by atoms with van der Waals surface area (Å²) in [6.45, 7) is 0. The fourth-order valence-electron chi connectivity index (χ4n) is 1.35. The molecule has 18 heavy (non-hydrogen) atoms. The van der Waals surface area contributed by atoms with E-state index in [-0.39, 0.29) is 4.90 Å². The van der Waals surface area contributed by atoms with Crippen molar-refractivity contribution in [1.82, 2.24) is 9.97 Å². The van der Waals surface area contributed by atoms with Crippen LogP contribution in [0.2, 0.25) is 5.15 Å². The normalized spacial score (nSPS) is 11.2. The van der Waals surface area contributed by atoms with Crippen LogP contribution in [-0.4, -0.2) is 24.6 Å². The highest BCUT2D eigenvalue weighted by molar-refractivity contribution is 7.90. The molecule has 0 saturated heterocycles. The summed E-state index contributed by atoms with van der Waals surface area (Å²) >= 11 is 5.73. The first kappa shape index (κ1) is 12.8. The van der Waals surface area contributed by atoms with Crippen molar-refractivity contribution >= 4 is 32.9 Å². The highest BCUT2D eigenvalue weighted by Crippen LogP contribution is 2.19. The second-order valence-corrected chi connectivity index (χ2v) is 6.05. The largest absolute Gasteiger partial charge is 0.340 e. The van der Waals surface area contributed by atoms with E-state index in [4.69, 9.17) is 11.6 Å². The lowest BCUT2D eigenvalue weighted by molar-refractivity contribution is 0.602. The molecule has 0 aliphatic carbocycles. The zero-order chi connectivity index (χ0) is 13.2. The van der Waals surface area contributed by atoms with Crippen LogP contribution in [0.4, 0.5) is 11.5 Å². The Morgan fingerprint density at radius 2 is 2.00 bits per heavy atom. The highest BCUT2D eigenvalue weighted by Gasteiger charge is 2.07. The van der Waals surface area contributed by atoms with Crippen molar-refractivity contribution in [3.8, 4) is 0 Å². The summed E-state index contributed by atoms with van der Waals surface area (Å²) in [4.78, 5) is 7.97. The zero-order valence-corrected chi connectivity index (χ0v) is 11.0. The van der Waals surface area contributed by atoms with E-state index in [1.807, 2.05) is 0 Å². The first-order valence-corrected chi connectivity index (χ1v) is 7.27. The van der Waals surface area contributed by atoms with E-state index in [9.17, 15) is 8.42 Å². The lowest BCUT2D eigenvalue weighted by atomic mass is 10.3. The van der Waals surface area contributed by atoms with Crippen molar-refractivity contribution in [3.05, 3.63) is 41.8 Å². The molecule has 0 saturated carbocycles. The predicted octanol–water partition coefficient (Wildman–Crippen LogP) is 2.28. The average Bonchev–Trinajstić information content (AvgIpc) is 2.28. The molecule has 94 valence electrons. The number of aromatic nitrogens is 2. The van der Waals surface area contributed by atoms with E-state index in [1.54, 1.807) is 18.2 Å². The van der Waals surface area contributed by atoms with Gasteiger partial charge < -0.3 is 5.32 Å². The van der Waals surface area contributed by atoms with Crippen molar-refractivity contribution in [1.29, 1.82) is 0 Å². The molecule has 0 radical (unpaired) electrons. The van der Waals surface area contributed by atoms with Gasteiger partial charge in [0.15, 0.2) is 9.84 Å². The predicted molar refractivity (Wildman–Crippen MR) is 69.9 cm³/mol. The Bertz CT molecular complexity index is 673. The third-order valence-corrected chi connectivity index (χ3v) is 3.49. The van der Waals surface area contributed by atoms with E-state index in [0.29, 0.717) is 16.7 Å². The van der Waals surface area contributed by atoms with Gasteiger partial charge in [-0.25, -0.2) is 18.4 Å². The summed E-state index contributed by atoms with van der Waals surface area (Å²) < 4.78 is 22.8. The minimum Gasteiger partial charge on any atom is -0.340 e. The average molecular weight is 284 g/mol. The first-order chi connectivity index (χ1) is 8.45. The molecule has 0 aliphatic rings. The summed E-state index contributed by atoms with van der Waals surface area (Å²) in [5, 5.41) is 3.27. The molecular formula is C11H10ClN3O2S. The van der Waals surface area contributed by atoms with Crippen molar-refractivity contribution in [2.45, 2.75) is 4.90 Å². The van der Waals surface area contributed by atoms with Crippen LogP contribution in [0.5, 0.6) is 0 Å². The fourth-order valence-corrected chi connectivity index (χ4v) is 2.17. The van der Waals surface area contributed by atoms with Gasteiger partial charge in [0.2, 0.25) is 0 Å². The minimum atomic E-state index is -3.22. The Labute approximate surface area is 110 Å². The van der Waals surface area contributed by atoms with E-state index in [0.717, 1.165) is 6.26 Å². The van der Waals surface area contributed by atoms with Crippen LogP contribution in [-0.2, 0) is 9.84 Å². The molecule has 1 heterocycles. The number of hydrogen-bond donors (Lipinski definition) is 1. The Kier molecular flexibility index (Phi) is 3.49. The SMILES string of the molecule is CS(=O)(=O)c1cccc(Nc2cc(Cl)ncn2)c1. The Hall–Kier alpha value is -1.66. The van der Waals surface area contributed by atoms with Gasteiger partial charge in [-0.1, -0.05) is 17.7 Å². The second-order valence-electron chi connectivity index (χ2n) is 3.65. The standard InChI is InChI=1S/C11H10ClN3O2S/c1-18(16,17)9-4-2-3-8(5-9)15-11-6-10(12)13-7-14-11/h2-7H,1H3,(H,13,14,15). The number of anilines is 2. The van der Waals surface area contributed by atoms with Gasteiger partial charge in [-0.15, -0.1) is 0 Å². The maximum atomic E-state index is 11.4. The first-order valence-electron chi connectivity index (χ1n) is 5.00. The molecular weight excluding hydrogens is 274 g/mol. The Morgan fingerprint density at radius 3 is 2.67 bits per heavy atom. The van der Waals surface area contributed by atoms with Crippen LogP contribution >= 0.6 is 11.6 Å². The quantitative estimate of drug-likeness (QED) is 0.875. The number of sulfone groups is 1. The summed E-state index contributed by atoms with van der Waals surface area (Å²) in [6.07, 6.45) is 2.48. The van der Waals surface area contributed by atoms with Gasteiger partial charge in [0.25, 0.3) is 0 Å². The maximum Gasteiger partial charge on any atom is 0.175 e. The van der Waals surface area contributed by atoms with E-state index in [2.05, 4.69) is 15.3 Å². The number of rotatable bonds is 3. The minimum absolute atomic E-state index is 0.243. The molecule has 2 rings (SSSR count). The molecule has 0 bridgehead atoms. The monoisotopic (exact) mass is 283 g/mol. The third-order valence-electron chi connectivity index (χ3n) is 2.17. The molecule has 0 fully saturated rings. The van der Waals surface area contributed by atoms with Crippen LogP contribution < -0.4 is 5.32 Å². The molecule has 0 spiro atoms. The van der Waals surface area contributed by atoms with Crippen molar-refractivity contribution in [2.75, 3.05) is 11.6 Å². The number of halogens is 1. The summed E-state index contributed by atoms with van der Waals surface area (Å²) in [5.41, 5.74) is 0.618. The van der Waals surface area contributed by atoms with Crippen LogP contribution in [0.25, 0.3) is 0 Å². The molecule has 5 nitrogen and oxygen atoms in total. The molecule has 0 unspecified atom stereocenters. The lowest BCUT2D eigenvalue weighted by Gasteiger charge is -2.06. The third kappa shape index (κ3) is 3.18. The van der Waals surface area contributed by atoms with E-state index < -0.39 is 9.84 Å². The number of hydrogen-bond acceptors (Lipinski definition) is 5. The van der Waals surface area contributed by atoms with Gasteiger partial charge in [-0.2, -0.15) is 0 Å². The molecule has 7 heteroatoms. The molecule has 1 N–H and O–H groups in total. The highest BCUT2D eigenvalue weighted by atomic mass is 35.5. The van der Waals surface area contributed by atoms with Gasteiger partial charge >= 0.3 is 0 Å². The second kappa shape index (κ2) is 4.91. The fraction of sp³-hybridized carbons (Fsp3) is 0.0909. The lowest BCUT2D eigenvalue weighted by Crippen LogP contribution is -1.99.